The fraction of sp³-hybridized carbons (Fsp3) is 0.615. The van der Waals surface area contributed by atoms with Gasteiger partial charge in [0.2, 0.25) is 0 Å². The number of aromatic nitrogens is 1. The molecule has 2 amide bonds. The van der Waals surface area contributed by atoms with Crippen LogP contribution in [-0.2, 0) is 10.2 Å². The second-order valence-corrected chi connectivity index (χ2v) is 6.97. The van der Waals surface area contributed by atoms with E-state index in [1.165, 1.54) is 11.3 Å². The predicted molar refractivity (Wildman–Crippen MR) is 78.6 cm³/mol. The lowest BCUT2D eigenvalue weighted by Gasteiger charge is -2.20. The van der Waals surface area contributed by atoms with Crippen LogP contribution in [0.1, 0.15) is 32.9 Å². The summed E-state index contributed by atoms with van der Waals surface area (Å²) in [6.45, 7) is 6.07. The van der Waals surface area contributed by atoms with Crippen LogP contribution in [0.2, 0.25) is 0 Å². The number of anilines is 1. The number of nitrogens with one attached hydrogen (secondary N) is 1. The highest BCUT2D eigenvalue weighted by atomic mass is 32.1. The molecule has 116 valence electrons. The minimum Gasteiger partial charge on any atom is -0.480 e. The lowest BCUT2D eigenvalue weighted by molar-refractivity contribution is -0.141. The number of β-amino-alcohol motifs (C(OH)–C–C–N with tert-alkyl or cyclic N) is 1. The molecular weight excluding hydrogens is 294 g/mol. The van der Waals surface area contributed by atoms with Crippen LogP contribution in [0.15, 0.2) is 5.38 Å². The SMILES string of the molecule is CC(C)(C)c1csc(NC(=O)N2C[C@H](O)C[C@@H]2C(=O)O)n1. The lowest BCUT2D eigenvalue weighted by Crippen LogP contribution is -2.43. The van der Waals surface area contributed by atoms with E-state index in [4.69, 9.17) is 5.11 Å². The molecule has 0 radical (unpaired) electrons. The number of hydrogen-bond donors (Lipinski definition) is 3. The summed E-state index contributed by atoms with van der Waals surface area (Å²) < 4.78 is 0. The zero-order valence-corrected chi connectivity index (χ0v) is 13.0. The molecule has 2 atom stereocenters. The van der Waals surface area contributed by atoms with Crippen molar-refractivity contribution in [3.05, 3.63) is 11.1 Å². The number of thiazole rings is 1. The largest absolute Gasteiger partial charge is 0.480 e. The Bertz CT molecular complexity index is 552. The summed E-state index contributed by atoms with van der Waals surface area (Å²) >= 11 is 1.29. The first kappa shape index (κ1) is 15.7. The molecule has 1 aliphatic rings. The Kier molecular flexibility index (Phi) is 4.20. The molecule has 2 rings (SSSR count). The number of amides is 2. The molecule has 0 saturated carbocycles. The highest BCUT2D eigenvalue weighted by Gasteiger charge is 2.39. The molecule has 1 aliphatic heterocycles. The van der Waals surface area contributed by atoms with Gasteiger partial charge in [-0.25, -0.2) is 14.6 Å². The van der Waals surface area contributed by atoms with Crippen molar-refractivity contribution in [3.8, 4) is 0 Å². The quantitative estimate of drug-likeness (QED) is 0.767. The van der Waals surface area contributed by atoms with Crippen LogP contribution in [0.3, 0.4) is 0 Å². The van der Waals surface area contributed by atoms with E-state index in [1.54, 1.807) is 0 Å². The third-order valence-corrected chi connectivity index (χ3v) is 4.07. The molecule has 1 aromatic rings. The molecular formula is C13H19N3O4S. The van der Waals surface area contributed by atoms with Gasteiger partial charge >= 0.3 is 12.0 Å². The Labute approximate surface area is 126 Å². The Morgan fingerprint density at radius 2 is 2.14 bits per heavy atom. The van der Waals surface area contributed by atoms with Gasteiger partial charge < -0.3 is 15.1 Å². The van der Waals surface area contributed by atoms with Gasteiger partial charge in [-0.3, -0.25) is 5.32 Å². The highest BCUT2D eigenvalue weighted by molar-refractivity contribution is 7.13. The fourth-order valence-electron chi connectivity index (χ4n) is 2.11. The Morgan fingerprint density at radius 1 is 1.48 bits per heavy atom. The van der Waals surface area contributed by atoms with Gasteiger partial charge in [0.15, 0.2) is 5.13 Å². The van der Waals surface area contributed by atoms with Gasteiger partial charge in [0.05, 0.1) is 11.8 Å². The van der Waals surface area contributed by atoms with Crippen molar-refractivity contribution < 1.29 is 19.8 Å². The maximum absolute atomic E-state index is 12.1. The monoisotopic (exact) mass is 313 g/mol. The van der Waals surface area contributed by atoms with Crippen molar-refractivity contribution in [1.29, 1.82) is 0 Å². The number of aliphatic carboxylic acids is 1. The number of carboxylic acid groups (broad SMARTS) is 1. The third-order valence-electron chi connectivity index (χ3n) is 3.31. The smallest absolute Gasteiger partial charge is 0.326 e. The highest BCUT2D eigenvalue weighted by Crippen LogP contribution is 2.27. The number of aliphatic hydroxyl groups is 1. The molecule has 8 heteroatoms. The van der Waals surface area contributed by atoms with E-state index < -0.39 is 24.1 Å². The fourth-order valence-corrected chi connectivity index (χ4v) is 3.04. The zero-order chi connectivity index (χ0) is 15.8. The number of carbonyl (C=O) groups is 2. The van der Waals surface area contributed by atoms with Crippen molar-refractivity contribution in [2.45, 2.75) is 44.8 Å². The zero-order valence-electron chi connectivity index (χ0n) is 12.2. The number of aliphatic hydroxyl groups excluding tert-OH is 1. The standard InChI is InChI=1S/C13H19N3O4S/c1-13(2,3)9-6-21-11(14-9)15-12(20)16-5-7(17)4-8(16)10(18)19/h6-8,17H,4-5H2,1-3H3,(H,18,19)(H,14,15,20)/t7-,8-/m1/s1. The second kappa shape index (κ2) is 5.61. The van der Waals surface area contributed by atoms with Crippen LogP contribution in [0.25, 0.3) is 0 Å². The predicted octanol–water partition coefficient (Wildman–Crippen LogP) is 1.49. The van der Waals surface area contributed by atoms with Crippen molar-refractivity contribution in [2.24, 2.45) is 0 Å². The number of nitrogens with zero attached hydrogens (tertiary/aromatic N) is 2. The van der Waals surface area contributed by atoms with Gasteiger partial charge in [0.1, 0.15) is 6.04 Å². The molecule has 0 bridgehead atoms. The van der Waals surface area contributed by atoms with Crippen molar-refractivity contribution in [1.82, 2.24) is 9.88 Å². The molecule has 0 aromatic carbocycles. The van der Waals surface area contributed by atoms with Crippen molar-refractivity contribution in [3.63, 3.8) is 0 Å². The second-order valence-electron chi connectivity index (χ2n) is 6.11. The molecule has 2 heterocycles. The summed E-state index contributed by atoms with van der Waals surface area (Å²) in [6, 6.07) is -1.55. The molecule has 21 heavy (non-hydrogen) atoms. The number of likely N-dealkylation sites (tertiary alicyclic amines) is 1. The first-order valence-corrected chi connectivity index (χ1v) is 7.51. The molecule has 0 unspecified atom stereocenters. The van der Waals surface area contributed by atoms with Crippen LogP contribution < -0.4 is 5.32 Å². The number of urea groups is 1. The molecule has 7 nitrogen and oxygen atoms in total. The van der Waals surface area contributed by atoms with E-state index in [2.05, 4.69) is 10.3 Å². The van der Waals surface area contributed by atoms with Crippen LogP contribution >= 0.6 is 11.3 Å². The lowest BCUT2D eigenvalue weighted by atomic mass is 9.93. The number of carbonyl (C=O) groups excluding carboxylic acids is 1. The molecule has 0 spiro atoms. The van der Waals surface area contributed by atoms with E-state index in [0.717, 1.165) is 10.6 Å². The molecule has 3 N–H and O–H groups in total. The number of rotatable bonds is 2. The van der Waals surface area contributed by atoms with Crippen LogP contribution in [0, 0.1) is 0 Å². The molecule has 0 aliphatic carbocycles. The summed E-state index contributed by atoms with van der Waals surface area (Å²) in [7, 11) is 0. The summed E-state index contributed by atoms with van der Waals surface area (Å²) in [4.78, 5) is 28.7. The maximum atomic E-state index is 12.1. The van der Waals surface area contributed by atoms with E-state index in [1.807, 2.05) is 26.2 Å². The van der Waals surface area contributed by atoms with E-state index in [-0.39, 0.29) is 18.4 Å². The summed E-state index contributed by atoms with van der Waals surface area (Å²) in [5.74, 6) is -1.11. The Hall–Kier alpha value is -1.67. The maximum Gasteiger partial charge on any atom is 0.326 e. The Morgan fingerprint density at radius 3 is 2.67 bits per heavy atom. The van der Waals surface area contributed by atoms with E-state index in [9.17, 15) is 14.7 Å². The topological polar surface area (TPSA) is 103 Å². The van der Waals surface area contributed by atoms with Gasteiger partial charge in [-0.15, -0.1) is 11.3 Å². The molecule has 1 aromatic heterocycles. The minimum atomic E-state index is -1.11. The number of carboxylic acids is 1. The van der Waals surface area contributed by atoms with Gasteiger partial charge in [0.25, 0.3) is 0 Å². The van der Waals surface area contributed by atoms with Gasteiger partial charge in [0, 0.05) is 23.8 Å². The first-order chi connectivity index (χ1) is 9.68. The minimum absolute atomic E-state index is 0.0142. The van der Waals surface area contributed by atoms with Crippen LogP contribution in [0.4, 0.5) is 9.93 Å². The first-order valence-electron chi connectivity index (χ1n) is 6.63. The van der Waals surface area contributed by atoms with Crippen LogP contribution in [0.5, 0.6) is 0 Å². The third kappa shape index (κ3) is 3.51. The average molecular weight is 313 g/mol. The normalized spacial score (nSPS) is 22.4. The van der Waals surface area contributed by atoms with Crippen molar-refractivity contribution >= 4 is 28.5 Å². The van der Waals surface area contributed by atoms with Crippen LogP contribution in [-0.4, -0.2) is 50.8 Å². The summed E-state index contributed by atoms with van der Waals surface area (Å²) in [5, 5.41) is 23.5. The van der Waals surface area contributed by atoms with Gasteiger partial charge in [-0.2, -0.15) is 0 Å². The van der Waals surface area contributed by atoms with E-state index >= 15 is 0 Å². The van der Waals surface area contributed by atoms with Crippen molar-refractivity contribution in [2.75, 3.05) is 11.9 Å². The van der Waals surface area contributed by atoms with Gasteiger partial charge in [-0.1, -0.05) is 20.8 Å². The summed E-state index contributed by atoms with van der Waals surface area (Å²) in [6.07, 6.45) is -0.758. The van der Waals surface area contributed by atoms with E-state index in [0.29, 0.717) is 5.13 Å². The van der Waals surface area contributed by atoms with Gasteiger partial charge in [-0.05, 0) is 0 Å². The molecule has 1 fully saturated rings. The summed E-state index contributed by atoms with van der Waals surface area (Å²) in [5.41, 5.74) is 0.742. The molecule has 1 saturated heterocycles. The average Bonchev–Trinajstić information content (AvgIpc) is 2.94. The Balaban J connectivity index is 2.07. The number of hydrogen-bond acceptors (Lipinski definition) is 5.